The van der Waals surface area contributed by atoms with Crippen molar-refractivity contribution in [2.75, 3.05) is 19.6 Å². The molecule has 1 fully saturated rings. The molecule has 1 aliphatic rings. The first-order chi connectivity index (χ1) is 9.60. The Bertz CT molecular complexity index is 535. The van der Waals surface area contributed by atoms with Gasteiger partial charge >= 0.3 is 0 Å². The molecule has 2 rings (SSSR count). The number of carbonyl (C=O) groups excluding carboxylic acids is 1. The first kappa shape index (κ1) is 14.4. The van der Waals surface area contributed by atoms with Crippen LogP contribution in [0.15, 0.2) is 29.8 Å². The Hall–Kier alpha value is -2.01. The van der Waals surface area contributed by atoms with Crippen molar-refractivity contribution in [2.24, 2.45) is 0 Å². The third-order valence-corrected chi connectivity index (χ3v) is 3.39. The van der Waals surface area contributed by atoms with Crippen molar-refractivity contribution < 1.29 is 9.72 Å². The van der Waals surface area contributed by atoms with E-state index in [1.54, 1.807) is 12.1 Å². The van der Waals surface area contributed by atoms with Gasteiger partial charge in [0.1, 0.15) is 0 Å². The van der Waals surface area contributed by atoms with E-state index in [1.165, 1.54) is 12.1 Å². The quantitative estimate of drug-likeness (QED) is 0.481. The summed E-state index contributed by atoms with van der Waals surface area (Å²) >= 11 is 0. The highest BCUT2D eigenvalue weighted by atomic mass is 16.6. The third-order valence-electron chi connectivity index (χ3n) is 3.39. The number of likely N-dealkylation sites (tertiary alicyclic amines) is 1. The molecule has 20 heavy (non-hydrogen) atoms. The summed E-state index contributed by atoms with van der Waals surface area (Å²) in [6.07, 6.45) is 3.46. The molecule has 5 heteroatoms. The van der Waals surface area contributed by atoms with Crippen LogP contribution in [-0.2, 0) is 4.79 Å². The van der Waals surface area contributed by atoms with E-state index in [0.29, 0.717) is 13.0 Å². The average molecular weight is 274 g/mol. The van der Waals surface area contributed by atoms with Crippen molar-refractivity contribution in [3.63, 3.8) is 0 Å². The second-order valence-corrected chi connectivity index (χ2v) is 4.97. The lowest BCUT2D eigenvalue weighted by Crippen LogP contribution is -2.36. The lowest BCUT2D eigenvalue weighted by Gasteiger charge is -2.27. The molecule has 1 saturated heterocycles. The lowest BCUT2D eigenvalue weighted by molar-refractivity contribution is -0.384. The van der Waals surface area contributed by atoms with Crippen LogP contribution in [0, 0.1) is 10.1 Å². The smallest absolute Gasteiger partial charge is 0.269 e. The fourth-order valence-electron chi connectivity index (χ4n) is 2.36. The highest BCUT2D eigenvalue weighted by molar-refractivity contribution is 6.00. The van der Waals surface area contributed by atoms with Gasteiger partial charge < -0.3 is 0 Å². The summed E-state index contributed by atoms with van der Waals surface area (Å²) in [5.41, 5.74) is 1.69. The molecule has 0 N–H and O–H groups in total. The summed E-state index contributed by atoms with van der Waals surface area (Å²) in [6.45, 7) is 4.61. The van der Waals surface area contributed by atoms with Gasteiger partial charge in [-0.1, -0.05) is 6.92 Å². The number of non-ortho nitro benzene ring substituents is 1. The van der Waals surface area contributed by atoms with Crippen LogP contribution in [0.2, 0.25) is 0 Å². The molecule has 106 valence electrons. The van der Waals surface area contributed by atoms with E-state index in [1.807, 2.05) is 6.08 Å². The topological polar surface area (TPSA) is 63.5 Å². The predicted molar refractivity (Wildman–Crippen MR) is 77.4 cm³/mol. The van der Waals surface area contributed by atoms with Gasteiger partial charge in [-0.25, -0.2) is 0 Å². The minimum atomic E-state index is -0.425. The second kappa shape index (κ2) is 6.43. The standard InChI is InChI=1S/C15H18N2O3/c1-2-8-16-9-7-15(18)13(11-16)10-12-3-5-14(6-4-12)17(19)20/h3-6,10H,2,7-9,11H2,1H3/b13-10+. The number of ketones is 1. The highest BCUT2D eigenvalue weighted by Gasteiger charge is 2.20. The SMILES string of the molecule is CCCN1CCC(=O)/C(=C/c2ccc([N+](=O)[O-])cc2)C1. The number of nitro benzene ring substituents is 1. The minimum absolute atomic E-state index is 0.0646. The molecule has 1 aliphatic heterocycles. The molecule has 0 unspecified atom stereocenters. The van der Waals surface area contributed by atoms with E-state index in [9.17, 15) is 14.9 Å². The first-order valence-electron chi connectivity index (χ1n) is 6.80. The van der Waals surface area contributed by atoms with Crippen molar-refractivity contribution in [1.82, 2.24) is 4.90 Å². The number of nitrogens with zero attached hydrogens (tertiary/aromatic N) is 2. The number of carbonyl (C=O) groups is 1. The molecule has 0 spiro atoms. The lowest BCUT2D eigenvalue weighted by atomic mass is 10.00. The van der Waals surface area contributed by atoms with Gasteiger partial charge in [-0.15, -0.1) is 0 Å². The zero-order chi connectivity index (χ0) is 14.5. The molecular formula is C15H18N2O3. The molecule has 0 atom stereocenters. The fraction of sp³-hybridized carbons (Fsp3) is 0.400. The molecule has 0 bridgehead atoms. The number of Topliss-reactive ketones (excluding diaryl/α,β-unsaturated/α-hetero) is 1. The molecule has 0 amide bonds. The Morgan fingerprint density at radius 3 is 2.65 bits per heavy atom. The number of piperidine rings is 1. The molecule has 1 aromatic carbocycles. The van der Waals surface area contributed by atoms with Gasteiger partial charge in [0, 0.05) is 37.2 Å². The van der Waals surface area contributed by atoms with E-state index >= 15 is 0 Å². The second-order valence-electron chi connectivity index (χ2n) is 4.97. The maximum absolute atomic E-state index is 11.9. The van der Waals surface area contributed by atoms with Crippen LogP contribution in [0.25, 0.3) is 6.08 Å². The molecular weight excluding hydrogens is 256 g/mol. The van der Waals surface area contributed by atoms with E-state index in [-0.39, 0.29) is 11.5 Å². The fourth-order valence-corrected chi connectivity index (χ4v) is 2.36. The van der Waals surface area contributed by atoms with Gasteiger partial charge in [0.25, 0.3) is 5.69 Å². The molecule has 1 aromatic rings. The Balaban J connectivity index is 2.15. The zero-order valence-electron chi connectivity index (χ0n) is 11.5. The molecule has 0 aliphatic carbocycles. The Morgan fingerprint density at radius 2 is 2.05 bits per heavy atom. The van der Waals surface area contributed by atoms with Gasteiger partial charge in [0.15, 0.2) is 5.78 Å². The summed E-state index contributed by atoms with van der Waals surface area (Å²) < 4.78 is 0. The van der Waals surface area contributed by atoms with Gasteiger partial charge in [-0.05, 0) is 36.7 Å². The largest absolute Gasteiger partial charge is 0.299 e. The van der Waals surface area contributed by atoms with Gasteiger partial charge in [0.2, 0.25) is 0 Å². The van der Waals surface area contributed by atoms with Crippen LogP contribution < -0.4 is 0 Å². The van der Waals surface area contributed by atoms with E-state index in [4.69, 9.17) is 0 Å². The average Bonchev–Trinajstić information content (AvgIpc) is 2.43. The molecule has 1 heterocycles. The Morgan fingerprint density at radius 1 is 1.35 bits per heavy atom. The van der Waals surface area contributed by atoms with Gasteiger partial charge in [0.05, 0.1) is 4.92 Å². The summed E-state index contributed by atoms with van der Waals surface area (Å²) in [6, 6.07) is 6.28. The number of hydrogen-bond acceptors (Lipinski definition) is 4. The summed E-state index contributed by atoms with van der Waals surface area (Å²) in [7, 11) is 0. The van der Waals surface area contributed by atoms with Crippen molar-refractivity contribution in [1.29, 1.82) is 0 Å². The maximum atomic E-state index is 11.9. The van der Waals surface area contributed by atoms with Crippen molar-refractivity contribution in [3.8, 4) is 0 Å². The van der Waals surface area contributed by atoms with Gasteiger partial charge in [-0.3, -0.25) is 19.8 Å². The van der Waals surface area contributed by atoms with E-state index in [0.717, 1.165) is 30.6 Å². The molecule has 0 aromatic heterocycles. The zero-order valence-corrected chi connectivity index (χ0v) is 11.5. The first-order valence-corrected chi connectivity index (χ1v) is 6.80. The van der Waals surface area contributed by atoms with E-state index < -0.39 is 4.92 Å². The normalized spacial score (nSPS) is 18.4. The minimum Gasteiger partial charge on any atom is -0.299 e. The summed E-state index contributed by atoms with van der Waals surface area (Å²) in [5, 5.41) is 10.6. The number of nitro groups is 1. The van der Waals surface area contributed by atoms with Crippen LogP contribution in [0.4, 0.5) is 5.69 Å². The number of rotatable bonds is 4. The van der Waals surface area contributed by atoms with Crippen LogP contribution in [-0.4, -0.2) is 35.2 Å². The summed E-state index contributed by atoms with van der Waals surface area (Å²) in [4.78, 5) is 24.4. The highest BCUT2D eigenvalue weighted by Crippen LogP contribution is 2.18. The van der Waals surface area contributed by atoms with E-state index in [2.05, 4.69) is 11.8 Å². The molecule has 5 nitrogen and oxygen atoms in total. The number of hydrogen-bond donors (Lipinski definition) is 0. The molecule has 0 saturated carbocycles. The number of benzene rings is 1. The molecule has 0 radical (unpaired) electrons. The van der Waals surface area contributed by atoms with Crippen LogP contribution in [0.1, 0.15) is 25.3 Å². The Kier molecular flexibility index (Phi) is 4.63. The van der Waals surface area contributed by atoms with Gasteiger partial charge in [-0.2, -0.15) is 0 Å². The maximum Gasteiger partial charge on any atom is 0.269 e. The predicted octanol–water partition coefficient (Wildman–Crippen LogP) is 2.66. The Labute approximate surface area is 118 Å². The third kappa shape index (κ3) is 3.51. The van der Waals surface area contributed by atoms with Crippen molar-refractivity contribution >= 4 is 17.5 Å². The van der Waals surface area contributed by atoms with Crippen molar-refractivity contribution in [3.05, 3.63) is 45.5 Å². The monoisotopic (exact) mass is 274 g/mol. The van der Waals surface area contributed by atoms with Crippen molar-refractivity contribution in [2.45, 2.75) is 19.8 Å². The summed E-state index contributed by atoms with van der Waals surface area (Å²) in [5.74, 6) is 0.177. The van der Waals surface area contributed by atoms with Crippen LogP contribution >= 0.6 is 0 Å². The van der Waals surface area contributed by atoms with Crippen LogP contribution in [0.5, 0.6) is 0 Å². The van der Waals surface area contributed by atoms with Crippen LogP contribution in [0.3, 0.4) is 0 Å².